The van der Waals surface area contributed by atoms with Crippen LogP contribution in [0.4, 0.5) is 5.69 Å². The van der Waals surface area contributed by atoms with Gasteiger partial charge in [0.15, 0.2) is 0 Å². The van der Waals surface area contributed by atoms with E-state index in [1.165, 1.54) is 5.56 Å². The lowest BCUT2D eigenvalue weighted by Gasteiger charge is -2.36. The van der Waals surface area contributed by atoms with Gasteiger partial charge >= 0.3 is 0 Å². The molecule has 2 aromatic rings. The maximum Gasteiger partial charge on any atom is 0.226 e. The molecule has 1 N–H and O–H groups in total. The summed E-state index contributed by atoms with van der Waals surface area (Å²) in [5.41, 5.74) is 2.73. The second kappa shape index (κ2) is 9.71. The molecule has 0 aliphatic carbocycles. The van der Waals surface area contributed by atoms with Crippen LogP contribution in [0.3, 0.4) is 0 Å². The minimum atomic E-state index is -0.294. The number of nitrogens with one attached hydrogen (secondary N) is 1. The van der Waals surface area contributed by atoms with Crippen molar-refractivity contribution in [2.45, 2.75) is 44.8 Å². The molecule has 1 fully saturated rings. The van der Waals surface area contributed by atoms with E-state index in [0.717, 1.165) is 31.4 Å². The van der Waals surface area contributed by atoms with Gasteiger partial charge in [-0.05, 0) is 48.6 Å². The fourth-order valence-corrected chi connectivity index (χ4v) is 4.48. The summed E-state index contributed by atoms with van der Waals surface area (Å²) >= 11 is 6.17. The van der Waals surface area contributed by atoms with Crippen LogP contribution in [-0.4, -0.2) is 42.6 Å². The van der Waals surface area contributed by atoms with Crippen LogP contribution < -0.4 is 10.1 Å². The largest absolute Gasteiger partial charge is 0.489 e. The van der Waals surface area contributed by atoms with E-state index < -0.39 is 0 Å². The third kappa shape index (κ3) is 5.20. The molecule has 2 aliphatic heterocycles. The molecule has 2 aromatic carbocycles. The van der Waals surface area contributed by atoms with Crippen LogP contribution in [0.25, 0.3) is 0 Å². The van der Waals surface area contributed by atoms with Gasteiger partial charge in [-0.15, -0.1) is 0 Å². The number of rotatable bonds is 6. The molecule has 6 nitrogen and oxygen atoms in total. The van der Waals surface area contributed by atoms with Crippen LogP contribution in [0.15, 0.2) is 42.5 Å². The summed E-state index contributed by atoms with van der Waals surface area (Å²) in [4.78, 5) is 27.0. The van der Waals surface area contributed by atoms with Gasteiger partial charge in [0, 0.05) is 25.1 Å². The molecule has 0 bridgehead atoms. The van der Waals surface area contributed by atoms with E-state index in [9.17, 15) is 9.59 Å². The monoisotopic (exact) mass is 442 g/mol. The number of halogens is 1. The lowest BCUT2D eigenvalue weighted by molar-refractivity contribution is -0.132. The maximum atomic E-state index is 13.0. The summed E-state index contributed by atoms with van der Waals surface area (Å²) in [5.74, 6) is 0.327. The molecule has 2 aliphatic rings. The molecule has 2 unspecified atom stereocenters. The van der Waals surface area contributed by atoms with Crippen molar-refractivity contribution >= 4 is 29.1 Å². The van der Waals surface area contributed by atoms with Crippen molar-refractivity contribution in [2.24, 2.45) is 0 Å². The average molecular weight is 443 g/mol. The molecule has 7 heteroatoms. The molecule has 2 heterocycles. The van der Waals surface area contributed by atoms with Gasteiger partial charge in [-0.25, -0.2) is 0 Å². The Morgan fingerprint density at radius 1 is 1.26 bits per heavy atom. The quantitative estimate of drug-likeness (QED) is 0.721. The van der Waals surface area contributed by atoms with Crippen molar-refractivity contribution in [3.8, 4) is 5.75 Å². The van der Waals surface area contributed by atoms with Crippen molar-refractivity contribution in [1.29, 1.82) is 0 Å². The SMILES string of the molecule is CC(=O)N1CCc2ccccc2C1CC(=O)Nc1cc(Cl)ccc1OCC1CCCO1. The zero-order valence-corrected chi connectivity index (χ0v) is 18.4. The first kappa shape index (κ1) is 21.7. The number of amides is 2. The highest BCUT2D eigenvalue weighted by atomic mass is 35.5. The van der Waals surface area contributed by atoms with Gasteiger partial charge in [0.05, 0.1) is 24.3 Å². The van der Waals surface area contributed by atoms with Gasteiger partial charge in [0.2, 0.25) is 11.8 Å². The van der Waals surface area contributed by atoms with Crippen LogP contribution in [0.2, 0.25) is 5.02 Å². The molecule has 0 spiro atoms. The number of anilines is 1. The highest BCUT2D eigenvalue weighted by Gasteiger charge is 2.30. The predicted molar refractivity (Wildman–Crippen MR) is 119 cm³/mol. The Balaban J connectivity index is 1.49. The number of ether oxygens (including phenoxy) is 2. The number of fused-ring (bicyclic) bond motifs is 1. The Morgan fingerprint density at radius 3 is 2.87 bits per heavy atom. The molecule has 2 atom stereocenters. The van der Waals surface area contributed by atoms with Crippen molar-refractivity contribution < 1.29 is 19.1 Å². The zero-order valence-electron chi connectivity index (χ0n) is 17.6. The van der Waals surface area contributed by atoms with Crippen LogP contribution in [0.1, 0.15) is 43.4 Å². The Bertz CT molecular complexity index is 958. The lowest BCUT2D eigenvalue weighted by Crippen LogP contribution is -2.40. The van der Waals surface area contributed by atoms with E-state index in [1.54, 1.807) is 30.0 Å². The van der Waals surface area contributed by atoms with Crippen LogP contribution >= 0.6 is 11.6 Å². The average Bonchev–Trinajstić information content (AvgIpc) is 3.27. The topological polar surface area (TPSA) is 67.9 Å². The number of hydrogen-bond donors (Lipinski definition) is 1. The zero-order chi connectivity index (χ0) is 21.8. The molecule has 2 amide bonds. The van der Waals surface area contributed by atoms with Crippen molar-refractivity contribution in [2.75, 3.05) is 25.1 Å². The first-order chi connectivity index (χ1) is 15.0. The van der Waals surface area contributed by atoms with Crippen molar-refractivity contribution in [3.63, 3.8) is 0 Å². The number of hydrogen-bond acceptors (Lipinski definition) is 4. The summed E-state index contributed by atoms with van der Waals surface area (Å²) in [7, 11) is 0. The van der Waals surface area contributed by atoms with E-state index in [1.807, 2.05) is 18.2 Å². The molecule has 1 saturated heterocycles. The lowest BCUT2D eigenvalue weighted by atomic mass is 9.90. The van der Waals surface area contributed by atoms with Crippen molar-refractivity contribution in [1.82, 2.24) is 4.90 Å². The van der Waals surface area contributed by atoms with Gasteiger partial charge in [-0.3, -0.25) is 9.59 Å². The molecule has 164 valence electrons. The third-order valence-corrected chi connectivity index (χ3v) is 6.10. The molecule has 0 aromatic heterocycles. The van der Waals surface area contributed by atoms with E-state index in [-0.39, 0.29) is 30.4 Å². The minimum Gasteiger partial charge on any atom is -0.489 e. The number of nitrogens with zero attached hydrogens (tertiary/aromatic N) is 1. The van der Waals surface area contributed by atoms with Gasteiger partial charge in [-0.2, -0.15) is 0 Å². The van der Waals surface area contributed by atoms with Crippen LogP contribution in [0.5, 0.6) is 5.75 Å². The molecule has 0 saturated carbocycles. The molecule has 4 rings (SSSR count). The van der Waals surface area contributed by atoms with E-state index in [2.05, 4.69) is 11.4 Å². The summed E-state index contributed by atoms with van der Waals surface area (Å²) in [6, 6.07) is 12.9. The van der Waals surface area contributed by atoms with Gasteiger partial charge in [-0.1, -0.05) is 35.9 Å². The Hall–Kier alpha value is -2.57. The summed E-state index contributed by atoms with van der Waals surface area (Å²) < 4.78 is 11.5. The van der Waals surface area contributed by atoms with E-state index in [0.29, 0.717) is 29.6 Å². The predicted octanol–water partition coefficient (Wildman–Crippen LogP) is 4.37. The minimum absolute atomic E-state index is 0.0318. The Morgan fingerprint density at radius 2 is 2.10 bits per heavy atom. The van der Waals surface area contributed by atoms with Gasteiger partial charge < -0.3 is 19.7 Å². The fraction of sp³-hybridized carbons (Fsp3) is 0.417. The van der Waals surface area contributed by atoms with E-state index in [4.69, 9.17) is 21.1 Å². The smallest absolute Gasteiger partial charge is 0.226 e. The summed E-state index contributed by atoms with van der Waals surface area (Å²) in [6.45, 7) is 3.34. The highest BCUT2D eigenvalue weighted by Crippen LogP contribution is 2.34. The van der Waals surface area contributed by atoms with Crippen LogP contribution in [0, 0.1) is 0 Å². The number of benzene rings is 2. The second-order valence-corrected chi connectivity index (χ2v) is 8.45. The summed E-state index contributed by atoms with van der Waals surface area (Å²) in [6.07, 6.45) is 3.03. The van der Waals surface area contributed by atoms with Gasteiger partial charge in [0.25, 0.3) is 0 Å². The number of carbonyl (C=O) groups excluding carboxylic acids is 2. The Kier molecular flexibility index (Phi) is 6.78. The first-order valence-electron chi connectivity index (χ1n) is 10.7. The number of carbonyl (C=O) groups is 2. The second-order valence-electron chi connectivity index (χ2n) is 8.02. The van der Waals surface area contributed by atoms with Crippen LogP contribution in [-0.2, 0) is 20.7 Å². The molecule has 31 heavy (non-hydrogen) atoms. The molecular weight excluding hydrogens is 416 g/mol. The highest BCUT2D eigenvalue weighted by molar-refractivity contribution is 6.31. The standard InChI is InChI=1S/C24H27ClN2O4/c1-16(28)27-11-10-17-5-2-3-7-20(17)22(27)14-24(29)26-21-13-18(25)8-9-23(21)31-15-19-6-4-12-30-19/h2-3,5,7-9,13,19,22H,4,6,10-12,14-15H2,1H3,(H,26,29). The fourth-order valence-electron chi connectivity index (χ4n) is 4.31. The maximum absolute atomic E-state index is 13.0. The van der Waals surface area contributed by atoms with E-state index >= 15 is 0 Å². The third-order valence-electron chi connectivity index (χ3n) is 5.86. The molecule has 0 radical (unpaired) electrons. The normalized spacial score (nSPS) is 20.3. The summed E-state index contributed by atoms with van der Waals surface area (Å²) in [5, 5.41) is 3.44. The van der Waals surface area contributed by atoms with Gasteiger partial charge in [0.1, 0.15) is 12.4 Å². The van der Waals surface area contributed by atoms with Crippen molar-refractivity contribution in [3.05, 3.63) is 58.6 Å². The Labute approximate surface area is 187 Å². The first-order valence-corrected chi connectivity index (χ1v) is 11.1. The molecular formula is C24H27ClN2O4.